The maximum atomic E-state index is 12.7. The van der Waals surface area contributed by atoms with Gasteiger partial charge >= 0.3 is 5.69 Å². The van der Waals surface area contributed by atoms with Gasteiger partial charge in [-0.05, 0) is 48.5 Å². The molecule has 0 saturated carbocycles. The van der Waals surface area contributed by atoms with E-state index in [1.54, 1.807) is 36.6 Å². The average Bonchev–Trinajstić information content (AvgIpc) is 3.66. The van der Waals surface area contributed by atoms with Crippen molar-refractivity contribution < 1.29 is 4.79 Å². The summed E-state index contributed by atoms with van der Waals surface area (Å²) in [6.07, 6.45) is 3.25. The zero-order valence-corrected chi connectivity index (χ0v) is 23.1. The topological polar surface area (TPSA) is 102 Å². The number of anilines is 3. The summed E-state index contributed by atoms with van der Waals surface area (Å²) < 4.78 is 5.27. The second kappa shape index (κ2) is 9.09. The van der Waals surface area contributed by atoms with Gasteiger partial charge in [0.1, 0.15) is 6.17 Å². The largest absolute Gasteiger partial charge is 0.359 e. The molecule has 7 rings (SSSR count). The first-order chi connectivity index (χ1) is 19.9. The molecule has 3 aromatic heterocycles. The zero-order valence-electron chi connectivity index (χ0n) is 23.1. The SMILES string of the molecule is CNC(=O)c1ccc2c(c1)NC(c1cc(-c3cncn3C)nc3ccccc13)N2c1ccc2c(c1)n(C)c(=O)n2C. The lowest BCUT2D eigenvalue weighted by Gasteiger charge is -2.28. The van der Waals surface area contributed by atoms with Crippen LogP contribution in [0.1, 0.15) is 22.1 Å². The number of carbonyl (C=O) groups excluding carboxylic acids is 1. The van der Waals surface area contributed by atoms with Crippen molar-refractivity contribution in [2.24, 2.45) is 21.1 Å². The lowest BCUT2D eigenvalue weighted by atomic mass is 10.0. The van der Waals surface area contributed by atoms with E-state index in [1.807, 2.05) is 72.4 Å². The highest BCUT2D eigenvalue weighted by atomic mass is 16.2. The molecule has 1 aliphatic heterocycles. The second-order valence-corrected chi connectivity index (χ2v) is 10.3. The van der Waals surface area contributed by atoms with Crippen LogP contribution in [-0.2, 0) is 21.1 Å². The fourth-order valence-corrected chi connectivity index (χ4v) is 5.81. The minimum Gasteiger partial charge on any atom is -0.359 e. The van der Waals surface area contributed by atoms with Crippen molar-refractivity contribution in [2.45, 2.75) is 6.17 Å². The summed E-state index contributed by atoms with van der Waals surface area (Å²) in [5, 5.41) is 7.42. The Balaban J connectivity index is 1.48. The first-order valence-electron chi connectivity index (χ1n) is 13.3. The molecule has 0 saturated heterocycles. The van der Waals surface area contributed by atoms with Crippen molar-refractivity contribution >= 4 is 44.9 Å². The fourth-order valence-electron chi connectivity index (χ4n) is 5.81. The molecule has 0 spiro atoms. The van der Waals surface area contributed by atoms with E-state index >= 15 is 0 Å². The van der Waals surface area contributed by atoms with Crippen LogP contribution in [-0.4, -0.2) is 36.6 Å². The Morgan fingerprint density at radius 1 is 0.951 bits per heavy atom. The third-order valence-corrected chi connectivity index (χ3v) is 7.95. The molecule has 10 heteroatoms. The zero-order chi connectivity index (χ0) is 28.4. The molecule has 3 aromatic carbocycles. The van der Waals surface area contributed by atoms with E-state index < -0.39 is 0 Å². The summed E-state index contributed by atoms with van der Waals surface area (Å²) in [6, 6.07) is 21.9. The molecule has 204 valence electrons. The van der Waals surface area contributed by atoms with Crippen molar-refractivity contribution in [2.75, 3.05) is 17.3 Å². The fraction of sp³-hybridized carbons (Fsp3) is 0.161. The van der Waals surface area contributed by atoms with E-state index in [9.17, 15) is 9.59 Å². The predicted molar refractivity (Wildman–Crippen MR) is 160 cm³/mol. The van der Waals surface area contributed by atoms with Gasteiger partial charge in [0, 0.05) is 50.4 Å². The highest BCUT2D eigenvalue weighted by Gasteiger charge is 2.34. The molecular formula is C31H28N8O2. The molecule has 0 bridgehead atoms. The maximum absolute atomic E-state index is 12.7. The van der Waals surface area contributed by atoms with Gasteiger partial charge in [-0.3, -0.25) is 13.9 Å². The van der Waals surface area contributed by atoms with Crippen molar-refractivity contribution in [1.82, 2.24) is 29.0 Å². The molecule has 41 heavy (non-hydrogen) atoms. The molecule has 6 aromatic rings. The Labute approximate surface area is 235 Å². The molecule has 0 aliphatic carbocycles. The van der Waals surface area contributed by atoms with E-state index in [1.165, 1.54) is 0 Å². The molecule has 10 nitrogen and oxygen atoms in total. The average molecular weight is 545 g/mol. The Kier molecular flexibility index (Phi) is 5.46. The number of fused-ring (bicyclic) bond motifs is 3. The van der Waals surface area contributed by atoms with E-state index in [0.717, 1.165) is 55.9 Å². The number of nitrogens with zero attached hydrogens (tertiary/aromatic N) is 6. The summed E-state index contributed by atoms with van der Waals surface area (Å²) in [7, 11) is 7.15. The first kappa shape index (κ1) is 24.6. The summed E-state index contributed by atoms with van der Waals surface area (Å²) >= 11 is 0. The van der Waals surface area contributed by atoms with Crippen LogP contribution >= 0.6 is 0 Å². The van der Waals surface area contributed by atoms with E-state index in [2.05, 4.69) is 32.7 Å². The van der Waals surface area contributed by atoms with Gasteiger partial charge in [-0.2, -0.15) is 0 Å². The standard InChI is InChI=1S/C31H28N8O2/c1-32-30(40)18-9-11-25-23(13-18)35-29(39(25)19-10-12-26-27(14-19)38(4)31(41)37(26)3)21-15-24(28-16-33-17-36(28)2)34-22-8-6-5-7-20(21)22/h5-17,29,35H,1-4H3,(H,32,40). The van der Waals surface area contributed by atoms with Gasteiger partial charge in [-0.25, -0.2) is 14.8 Å². The quantitative estimate of drug-likeness (QED) is 0.340. The Bertz CT molecular complexity index is 2070. The summed E-state index contributed by atoms with van der Waals surface area (Å²) in [5.74, 6) is -0.154. The molecule has 1 unspecified atom stereocenters. The smallest absolute Gasteiger partial charge is 0.328 e. The van der Waals surface area contributed by atoms with Crippen LogP contribution in [0.25, 0.3) is 33.3 Å². The first-order valence-corrected chi connectivity index (χ1v) is 13.3. The highest BCUT2D eigenvalue weighted by Crippen LogP contribution is 2.48. The van der Waals surface area contributed by atoms with Crippen LogP contribution < -0.4 is 21.2 Å². The van der Waals surface area contributed by atoms with Gasteiger partial charge in [0.05, 0.1) is 51.8 Å². The van der Waals surface area contributed by atoms with Crippen LogP contribution in [0.3, 0.4) is 0 Å². The van der Waals surface area contributed by atoms with Crippen molar-refractivity contribution in [3.8, 4) is 11.4 Å². The number of aryl methyl sites for hydroxylation is 3. The minimum atomic E-state index is -0.331. The van der Waals surface area contributed by atoms with Gasteiger partial charge in [-0.1, -0.05) is 18.2 Å². The van der Waals surface area contributed by atoms with Gasteiger partial charge in [0.15, 0.2) is 0 Å². The molecule has 1 amide bonds. The number of rotatable bonds is 4. The normalized spacial score (nSPS) is 14.4. The Morgan fingerprint density at radius 3 is 2.54 bits per heavy atom. The van der Waals surface area contributed by atoms with Crippen molar-refractivity contribution in [1.29, 1.82) is 0 Å². The number of pyridine rings is 1. The minimum absolute atomic E-state index is 0.0789. The third-order valence-electron chi connectivity index (χ3n) is 7.95. The molecule has 1 aliphatic rings. The van der Waals surface area contributed by atoms with Crippen LogP contribution in [0.15, 0.2) is 84.0 Å². The number of aromatic nitrogens is 5. The van der Waals surface area contributed by atoms with Crippen LogP contribution in [0, 0.1) is 0 Å². The van der Waals surface area contributed by atoms with Gasteiger partial charge < -0.3 is 20.1 Å². The molecule has 2 N–H and O–H groups in total. The molecule has 1 atom stereocenters. The van der Waals surface area contributed by atoms with Gasteiger partial charge in [0.25, 0.3) is 5.91 Å². The molecular weight excluding hydrogens is 516 g/mol. The number of hydrogen-bond acceptors (Lipinski definition) is 6. The summed E-state index contributed by atoms with van der Waals surface area (Å²) in [5.41, 5.74) is 8.44. The highest BCUT2D eigenvalue weighted by molar-refractivity contribution is 5.98. The number of carbonyl (C=O) groups is 1. The second-order valence-electron chi connectivity index (χ2n) is 10.3. The predicted octanol–water partition coefficient (Wildman–Crippen LogP) is 4.45. The summed E-state index contributed by atoms with van der Waals surface area (Å²) in [6.45, 7) is 0. The summed E-state index contributed by atoms with van der Waals surface area (Å²) in [4.78, 5) is 36.7. The van der Waals surface area contributed by atoms with Crippen LogP contribution in [0.4, 0.5) is 17.1 Å². The third kappa shape index (κ3) is 3.71. The van der Waals surface area contributed by atoms with Crippen LogP contribution in [0.5, 0.6) is 0 Å². The van der Waals surface area contributed by atoms with Crippen molar-refractivity contribution in [3.05, 3.63) is 101 Å². The number of benzene rings is 3. The number of amides is 1. The van der Waals surface area contributed by atoms with Gasteiger partial charge in [0.2, 0.25) is 0 Å². The van der Waals surface area contributed by atoms with E-state index in [-0.39, 0.29) is 17.8 Å². The van der Waals surface area contributed by atoms with E-state index in [4.69, 9.17) is 4.98 Å². The van der Waals surface area contributed by atoms with Gasteiger partial charge in [-0.15, -0.1) is 0 Å². The Hall–Kier alpha value is -5.38. The lowest BCUT2D eigenvalue weighted by Crippen LogP contribution is -2.24. The molecule has 0 radical (unpaired) electrons. The molecule has 4 heterocycles. The Morgan fingerprint density at radius 2 is 1.76 bits per heavy atom. The number of para-hydroxylation sites is 1. The maximum Gasteiger partial charge on any atom is 0.328 e. The lowest BCUT2D eigenvalue weighted by molar-refractivity contribution is 0.0963. The number of hydrogen-bond donors (Lipinski definition) is 2. The van der Waals surface area contributed by atoms with Crippen LogP contribution in [0.2, 0.25) is 0 Å². The molecule has 0 fully saturated rings. The van der Waals surface area contributed by atoms with E-state index in [0.29, 0.717) is 5.56 Å². The van der Waals surface area contributed by atoms with Crippen molar-refractivity contribution in [3.63, 3.8) is 0 Å². The number of imidazole rings is 2. The monoisotopic (exact) mass is 544 g/mol. The number of nitrogens with one attached hydrogen (secondary N) is 2.